The number of hydrogen-bond donors (Lipinski definition) is 1. The number of carboxylic acids is 1. The molecule has 4 heteroatoms. The Kier molecular flexibility index (Phi) is 3.01. The van der Waals surface area contributed by atoms with Crippen LogP contribution in [0.15, 0.2) is 45.9 Å². The molecule has 0 atom stereocenters. The second-order valence-corrected chi connectivity index (χ2v) is 3.97. The normalized spacial score (nSPS) is 10.3. The highest BCUT2D eigenvalue weighted by Crippen LogP contribution is 2.30. The van der Waals surface area contributed by atoms with E-state index in [1.54, 1.807) is 12.3 Å². The summed E-state index contributed by atoms with van der Waals surface area (Å²) in [6.07, 6.45) is 1.79. The lowest BCUT2D eigenvalue weighted by molar-refractivity contribution is 0.0690. The van der Waals surface area contributed by atoms with Gasteiger partial charge in [0.15, 0.2) is 5.09 Å². The zero-order valence-electron chi connectivity index (χ0n) is 8.64. The molecule has 3 nitrogen and oxygen atoms in total. The van der Waals surface area contributed by atoms with Crippen molar-refractivity contribution < 1.29 is 14.3 Å². The molecule has 0 aliphatic carbocycles. The van der Waals surface area contributed by atoms with E-state index in [0.717, 1.165) is 5.56 Å². The summed E-state index contributed by atoms with van der Waals surface area (Å²) < 4.78 is 5.49. The molecule has 0 spiro atoms. The van der Waals surface area contributed by atoms with Crippen molar-refractivity contribution in [2.24, 2.45) is 0 Å². The summed E-state index contributed by atoms with van der Waals surface area (Å²) in [5.74, 6) is -0.377. The van der Waals surface area contributed by atoms with Gasteiger partial charge in [-0.25, -0.2) is 4.79 Å². The van der Waals surface area contributed by atoms with E-state index >= 15 is 0 Å². The Bertz CT molecular complexity index is 502. The van der Waals surface area contributed by atoms with Gasteiger partial charge in [0.2, 0.25) is 0 Å². The smallest absolute Gasteiger partial charge is 0.340 e. The van der Waals surface area contributed by atoms with E-state index in [2.05, 4.69) is 0 Å². The fourth-order valence-corrected chi connectivity index (χ4v) is 1.96. The van der Waals surface area contributed by atoms with Crippen LogP contribution in [-0.2, 0) is 0 Å². The van der Waals surface area contributed by atoms with Crippen LogP contribution in [0.2, 0.25) is 0 Å². The maximum absolute atomic E-state index is 11.0. The third-order valence-corrected chi connectivity index (χ3v) is 2.85. The molecule has 0 unspecified atom stereocenters. The fraction of sp³-hybridized carbons (Fsp3) is 0.0833. The molecule has 0 aliphatic rings. The highest BCUT2D eigenvalue weighted by molar-refractivity contribution is 7.98. The van der Waals surface area contributed by atoms with Gasteiger partial charge in [0.25, 0.3) is 0 Å². The molecule has 0 saturated carbocycles. The Hall–Kier alpha value is -1.68. The second kappa shape index (κ2) is 4.45. The predicted molar refractivity (Wildman–Crippen MR) is 62.9 cm³/mol. The van der Waals surface area contributed by atoms with Crippen molar-refractivity contribution in [2.45, 2.75) is 5.09 Å². The minimum absolute atomic E-state index is 0.214. The molecular weight excluding hydrogens is 224 g/mol. The van der Waals surface area contributed by atoms with Crippen molar-refractivity contribution in [3.63, 3.8) is 0 Å². The molecule has 0 aliphatic heterocycles. The zero-order chi connectivity index (χ0) is 11.5. The minimum Gasteiger partial charge on any atom is -0.478 e. The summed E-state index contributed by atoms with van der Waals surface area (Å²) >= 11 is 1.29. The van der Waals surface area contributed by atoms with Crippen molar-refractivity contribution >= 4 is 17.7 Å². The number of hydrogen-bond acceptors (Lipinski definition) is 3. The molecule has 1 N–H and O–H groups in total. The van der Waals surface area contributed by atoms with E-state index in [-0.39, 0.29) is 5.56 Å². The van der Waals surface area contributed by atoms with Crippen LogP contribution < -0.4 is 0 Å². The summed E-state index contributed by atoms with van der Waals surface area (Å²) in [7, 11) is 0. The third-order valence-electron chi connectivity index (χ3n) is 2.17. The van der Waals surface area contributed by atoms with Gasteiger partial charge in [0.05, 0.1) is 0 Å². The maximum Gasteiger partial charge on any atom is 0.340 e. The van der Waals surface area contributed by atoms with Gasteiger partial charge in [-0.2, -0.15) is 0 Å². The van der Waals surface area contributed by atoms with E-state index in [1.807, 2.05) is 30.3 Å². The Morgan fingerprint density at radius 3 is 2.50 bits per heavy atom. The quantitative estimate of drug-likeness (QED) is 0.827. The van der Waals surface area contributed by atoms with Gasteiger partial charge >= 0.3 is 5.97 Å². The van der Waals surface area contributed by atoms with Crippen molar-refractivity contribution in [3.05, 3.63) is 42.0 Å². The summed E-state index contributed by atoms with van der Waals surface area (Å²) in [5, 5.41) is 9.42. The third kappa shape index (κ3) is 1.97. The first-order chi connectivity index (χ1) is 7.72. The van der Waals surface area contributed by atoms with E-state index in [4.69, 9.17) is 9.52 Å². The van der Waals surface area contributed by atoms with Crippen LogP contribution in [0.4, 0.5) is 0 Å². The van der Waals surface area contributed by atoms with Crippen LogP contribution in [0.5, 0.6) is 0 Å². The van der Waals surface area contributed by atoms with Gasteiger partial charge in [-0.3, -0.25) is 0 Å². The van der Waals surface area contributed by atoms with Gasteiger partial charge < -0.3 is 9.52 Å². The average molecular weight is 234 g/mol. The van der Waals surface area contributed by atoms with Crippen molar-refractivity contribution in [1.82, 2.24) is 0 Å². The van der Waals surface area contributed by atoms with Gasteiger partial charge in [-0.05, 0) is 6.26 Å². The number of furan rings is 1. The lowest BCUT2D eigenvalue weighted by Gasteiger charge is -1.94. The highest BCUT2D eigenvalue weighted by Gasteiger charge is 2.16. The topological polar surface area (TPSA) is 50.4 Å². The number of aromatic carboxylic acids is 1. The predicted octanol–water partition coefficient (Wildman–Crippen LogP) is 3.37. The Balaban J connectivity index is 2.48. The zero-order valence-corrected chi connectivity index (χ0v) is 9.45. The largest absolute Gasteiger partial charge is 0.478 e. The molecular formula is C12H10O3S. The molecule has 0 fully saturated rings. The molecule has 16 heavy (non-hydrogen) atoms. The van der Waals surface area contributed by atoms with E-state index in [0.29, 0.717) is 10.9 Å². The molecule has 1 heterocycles. The standard InChI is InChI=1S/C12H10O3S/c1-16-12-9(11(13)14)7-10(15-12)8-5-3-2-4-6-8/h2-7H,1H3,(H,13,14). The Morgan fingerprint density at radius 2 is 2.00 bits per heavy atom. The van der Waals surface area contributed by atoms with E-state index in [1.165, 1.54) is 11.8 Å². The van der Waals surface area contributed by atoms with E-state index in [9.17, 15) is 4.79 Å². The van der Waals surface area contributed by atoms with E-state index < -0.39 is 5.97 Å². The van der Waals surface area contributed by atoms with Crippen LogP contribution in [0.25, 0.3) is 11.3 Å². The molecule has 1 aromatic heterocycles. The van der Waals surface area contributed by atoms with Crippen molar-refractivity contribution in [1.29, 1.82) is 0 Å². The average Bonchev–Trinajstić information content (AvgIpc) is 2.74. The monoisotopic (exact) mass is 234 g/mol. The number of carboxylic acid groups (broad SMARTS) is 1. The lowest BCUT2D eigenvalue weighted by atomic mass is 10.1. The molecule has 0 amide bonds. The maximum atomic E-state index is 11.0. The van der Waals surface area contributed by atoms with Crippen LogP contribution in [0.3, 0.4) is 0 Å². The first-order valence-electron chi connectivity index (χ1n) is 4.69. The van der Waals surface area contributed by atoms with Crippen LogP contribution in [0.1, 0.15) is 10.4 Å². The molecule has 1 aromatic carbocycles. The van der Waals surface area contributed by atoms with Gasteiger partial charge in [-0.1, -0.05) is 42.1 Å². The number of carbonyl (C=O) groups is 1. The molecule has 0 radical (unpaired) electrons. The highest BCUT2D eigenvalue weighted by atomic mass is 32.2. The van der Waals surface area contributed by atoms with Gasteiger partial charge in [0.1, 0.15) is 11.3 Å². The summed E-state index contributed by atoms with van der Waals surface area (Å²) in [4.78, 5) is 11.0. The van der Waals surface area contributed by atoms with Crippen LogP contribution >= 0.6 is 11.8 Å². The second-order valence-electron chi connectivity index (χ2n) is 3.19. The SMILES string of the molecule is CSc1oc(-c2ccccc2)cc1C(=O)O. The minimum atomic E-state index is -0.963. The lowest BCUT2D eigenvalue weighted by Crippen LogP contribution is -1.94. The first kappa shape index (κ1) is 10.8. The van der Waals surface area contributed by atoms with Gasteiger partial charge in [0, 0.05) is 11.6 Å². The summed E-state index contributed by atoms with van der Waals surface area (Å²) in [6.45, 7) is 0. The van der Waals surface area contributed by atoms with Crippen LogP contribution in [0, 0.1) is 0 Å². The van der Waals surface area contributed by atoms with Crippen molar-refractivity contribution in [3.8, 4) is 11.3 Å². The molecule has 82 valence electrons. The fourth-order valence-electron chi connectivity index (χ4n) is 1.42. The van der Waals surface area contributed by atoms with Crippen molar-refractivity contribution in [2.75, 3.05) is 6.26 Å². The number of thioether (sulfide) groups is 1. The first-order valence-corrected chi connectivity index (χ1v) is 5.91. The number of benzene rings is 1. The molecule has 2 aromatic rings. The molecule has 0 bridgehead atoms. The molecule has 0 saturated heterocycles. The van der Waals surface area contributed by atoms with Gasteiger partial charge in [-0.15, -0.1) is 0 Å². The number of rotatable bonds is 3. The van der Waals surface area contributed by atoms with Crippen LogP contribution in [-0.4, -0.2) is 17.3 Å². The summed E-state index contributed by atoms with van der Waals surface area (Å²) in [6, 6.07) is 11.0. The Labute approximate surface area is 97.1 Å². The molecule has 2 rings (SSSR count). The Morgan fingerprint density at radius 1 is 1.31 bits per heavy atom. The summed E-state index contributed by atoms with van der Waals surface area (Å²) in [5.41, 5.74) is 1.09.